The summed E-state index contributed by atoms with van der Waals surface area (Å²) in [6.45, 7) is 6.47. The van der Waals surface area contributed by atoms with Gasteiger partial charge in [-0.05, 0) is 24.6 Å². The third-order valence-electron chi connectivity index (χ3n) is 3.51. The van der Waals surface area contributed by atoms with E-state index in [-0.39, 0.29) is 24.5 Å². The number of carbonyl (C=O) groups excluding carboxylic acids is 1. The van der Waals surface area contributed by atoms with Gasteiger partial charge in [-0.25, -0.2) is 0 Å². The molecular formula is C16H18N4O3S. The molecule has 1 unspecified atom stereocenters. The summed E-state index contributed by atoms with van der Waals surface area (Å²) < 4.78 is 12.5. The second kappa shape index (κ2) is 7.39. The molecule has 2 aromatic rings. The summed E-state index contributed by atoms with van der Waals surface area (Å²) in [4.78, 5) is 12.2. The van der Waals surface area contributed by atoms with Crippen LogP contribution >= 0.6 is 11.8 Å². The highest BCUT2D eigenvalue weighted by molar-refractivity contribution is 7.99. The van der Waals surface area contributed by atoms with Crippen molar-refractivity contribution < 1.29 is 14.3 Å². The first-order valence-electron chi connectivity index (χ1n) is 7.48. The SMILES string of the molecule is C=CCn1cnnc1SCC(=O)NC(C)c1ccc2c(c1)OCO2. The Bertz CT molecular complexity index is 747. The van der Waals surface area contributed by atoms with Crippen LogP contribution in [-0.4, -0.2) is 33.2 Å². The number of hydrogen-bond acceptors (Lipinski definition) is 6. The number of ether oxygens (including phenoxy) is 2. The van der Waals surface area contributed by atoms with Crippen LogP contribution < -0.4 is 14.8 Å². The lowest BCUT2D eigenvalue weighted by molar-refractivity contribution is -0.119. The van der Waals surface area contributed by atoms with E-state index >= 15 is 0 Å². The molecular weight excluding hydrogens is 328 g/mol. The molecule has 1 aromatic carbocycles. The Morgan fingerprint density at radius 1 is 1.50 bits per heavy atom. The second-order valence-electron chi connectivity index (χ2n) is 5.25. The minimum atomic E-state index is -0.126. The van der Waals surface area contributed by atoms with Crippen LogP contribution in [0.15, 0.2) is 42.3 Å². The Hall–Kier alpha value is -2.48. The Labute approximate surface area is 144 Å². The number of nitrogens with one attached hydrogen (secondary N) is 1. The molecule has 1 aromatic heterocycles. The molecule has 0 saturated carbocycles. The molecule has 1 amide bonds. The maximum Gasteiger partial charge on any atom is 0.231 e. The number of allylic oxidation sites excluding steroid dienone is 1. The van der Waals surface area contributed by atoms with E-state index in [9.17, 15) is 4.79 Å². The molecule has 0 spiro atoms. The van der Waals surface area contributed by atoms with Crippen LogP contribution in [0.4, 0.5) is 0 Å². The Kier molecular flexibility index (Phi) is 5.05. The van der Waals surface area contributed by atoms with Crippen molar-refractivity contribution in [3.63, 3.8) is 0 Å². The highest BCUT2D eigenvalue weighted by Gasteiger charge is 2.17. The van der Waals surface area contributed by atoms with E-state index in [1.165, 1.54) is 11.8 Å². The number of fused-ring (bicyclic) bond motifs is 1. The van der Waals surface area contributed by atoms with Gasteiger partial charge in [-0.3, -0.25) is 4.79 Å². The van der Waals surface area contributed by atoms with Gasteiger partial charge in [-0.2, -0.15) is 0 Å². The zero-order valence-corrected chi connectivity index (χ0v) is 14.1. The molecule has 0 radical (unpaired) electrons. The normalized spacial score (nSPS) is 13.5. The van der Waals surface area contributed by atoms with Gasteiger partial charge in [0.1, 0.15) is 6.33 Å². The van der Waals surface area contributed by atoms with Gasteiger partial charge in [0, 0.05) is 6.54 Å². The van der Waals surface area contributed by atoms with E-state index in [1.54, 1.807) is 12.4 Å². The van der Waals surface area contributed by atoms with Crippen LogP contribution in [0, 0.1) is 0 Å². The summed E-state index contributed by atoms with van der Waals surface area (Å²) in [6.07, 6.45) is 3.38. The quantitative estimate of drug-likeness (QED) is 0.611. The minimum Gasteiger partial charge on any atom is -0.454 e. The third-order valence-corrected chi connectivity index (χ3v) is 4.49. The summed E-state index contributed by atoms with van der Waals surface area (Å²) in [6, 6.07) is 5.54. The number of rotatable bonds is 7. The second-order valence-corrected chi connectivity index (χ2v) is 6.19. The Morgan fingerprint density at radius 3 is 3.17 bits per heavy atom. The van der Waals surface area contributed by atoms with Crippen molar-refractivity contribution >= 4 is 17.7 Å². The summed E-state index contributed by atoms with van der Waals surface area (Å²) in [5.74, 6) is 1.64. The molecule has 1 N–H and O–H groups in total. The molecule has 1 aliphatic rings. The van der Waals surface area contributed by atoms with E-state index in [2.05, 4.69) is 22.1 Å². The Balaban J connectivity index is 1.54. The molecule has 1 atom stereocenters. The predicted octanol–water partition coefficient (Wildman–Crippen LogP) is 2.16. The van der Waals surface area contributed by atoms with Crippen LogP contribution in [-0.2, 0) is 11.3 Å². The van der Waals surface area contributed by atoms with Gasteiger partial charge in [-0.15, -0.1) is 16.8 Å². The van der Waals surface area contributed by atoms with Crippen molar-refractivity contribution in [2.75, 3.05) is 12.5 Å². The number of carbonyl (C=O) groups is 1. The number of hydrogen-bond donors (Lipinski definition) is 1. The number of nitrogens with zero attached hydrogens (tertiary/aromatic N) is 3. The fraction of sp³-hybridized carbons (Fsp3) is 0.312. The summed E-state index contributed by atoms with van der Waals surface area (Å²) in [5.41, 5.74) is 0.965. The minimum absolute atomic E-state index is 0.0710. The maximum absolute atomic E-state index is 12.2. The molecule has 0 bridgehead atoms. The zero-order chi connectivity index (χ0) is 16.9. The largest absolute Gasteiger partial charge is 0.454 e. The first-order valence-corrected chi connectivity index (χ1v) is 8.46. The van der Waals surface area contributed by atoms with Gasteiger partial charge < -0.3 is 19.4 Å². The molecule has 24 heavy (non-hydrogen) atoms. The van der Waals surface area contributed by atoms with E-state index in [1.807, 2.05) is 29.7 Å². The number of amides is 1. The lowest BCUT2D eigenvalue weighted by atomic mass is 10.1. The molecule has 0 fully saturated rings. The van der Waals surface area contributed by atoms with Gasteiger partial charge in [0.05, 0.1) is 11.8 Å². The highest BCUT2D eigenvalue weighted by Crippen LogP contribution is 2.34. The highest BCUT2D eigenvalue weighted by atomic mass is 32.2. The molecule has 0 saturated heterocycles. The van der Waals surface area contributed by atoms with Crippen molar-refractivity contribution in [3.8, 4) is 11.5 Å². The predicted molar refractivity (Wildman–Crippen MR) is 90.1 cm³/mol. The standard InChI is InChI=1S/C16H18N4O3S/c1-3-6-20-9-17-19-16(20)24-8-15(21)18-11(2)12-4-5-13-14(7-12)23-10-22-13/h3-5,7,9,11H,1,6,8,10H2,2H3,(H,18,21). The average Bonchev–Trinajstić information content (AvgIpc) is 3.21. The van der Waals surface area contributed by atoms with E-state index in [0.717, 1.165) is 11.3 Å². The van der Waals surface area contributed by atoms with E-state index in [0.29, 0.717) is 17.5 Å². The number of thioether (sulfide) groups is 1. The van der Waals surface area contributed by atoms with Gasteiger partial charge in [0.25, 0.3) is 0 Å². The van der Waals surface area contributed by atoms with Crippen molar-refractivity contribution in [2.24, 2.45) is 0 Å². The fourth-order valence-corrected chi connectivity index (χ4v) is 3.04. The zero-order valence-electron chi connectivity index (χ0n) is 13.3. The lowest BCUT2D eigenvalue weighted by Crippen LogP contribution is -2.28. The average molecular weight is 346 g/mol. The van der Waals surface area contributed by atoms with Gasteiger partial charge in [0.2, 0.25) is 12.7 Å². The van der Waals surface area contributed by atoms with Gasteiger partial charge >= 0.3 is 0 Å². The number of benzene rings is 1. The first kappa shape index (κ1) is 16.4. The maximum atomic E-state index is 12.2. The molecule has 3 rings (SSSR count). The molecule has 8 heteroatoms. The van der Waals surface area contributed by atoms with Gasteiger partial charge in [0.15, 0.2) is 16.7 Å². The fourth-order valence-electron chi connectivity index (χ4n) is 2.30. The number of aromatic nitrogens is 3. The first-order chi connectivity index (χ1) is 11.7. The van der Waals surface area contributed by atoms with Crippen LogP contribution in [0.2, 0.25) is 0 Å². The molecule has 1 aliphatic heterocycles. The van der Waals surface area contributed by atoms with E-state index < -0.39 is 0 Å². The monoisotopic (exact) mass is 346 g/mol. The topological polar surface area (TPSA) is 78.3 Å². The molecule has 0 aliphatic carbocycles. The van der Waals surface area contributed by atoms with Crippen molar-refractivity contribution in [1.29, 1.82) is 0 Å². The molecule has 7 nitrogen and oxygen atoms in total. The summed E-state index contributed by atoms with van der Waals surface area (Å²) in [7, 11) is 0. The third kappa shape index (κ3) is 3.70. The van der Waals surface area contributed by atoms with E-state index in [4.69, 9.17) is 9.47 Å². The van der Waals surface area contributed by atoms with Crippen LogP contribution in [0.1, 0.15) is 18.5 Å². The van der Waals surface area contributed by atoms with Crippen LogP contribution in [0.3, 0.4) is 0 Å². The molecule has 126 valence electrons. The van der Waals surface area contributed by atoms with Gasteiger partial charge in [-0.1, -0.05) is 23.9 Å². The van der Waals surface area contributed by atoms with Crippen LogP contribution in [0.5, 0.6) is 11.5 Å². The lowest BCUT2D eigenvalue weighted by Gasteiger charge is -2.14. The molecule has 2 heterocycles. The van der Waals surface area contributed by atoms with Crippen molar-refractivity contribution in [1.82, 2.24) is 20.1 Å². The van der Waals surface area contributed by atoms with Crippen LogP contribution in [0.25, 0.3) is 0 Å². The Morgan fingerprint density at radius 2 is 2.33 bits per heavy atom. The summed E-state index contributed by atoms with van der Waals surface area (Å²) in [5, 5.41) is 11.5. The van der Waals surface area contributed by atoms with Crippen molar-refractivity contribution in [3.05, 3.63) is 42.7 Å². The summed E-state index contributed by atoms with van der Waals surface area (Å²) >= 11 is 1.34. The van der Waals surface area contributed by atoms with Crippen molar-refractivity contribution in [2.45, 2.75) is 24.7 Å². The smallest absolute Gasteiger partial charge is 0.231 e.